The van der Waals surface area contributed by atoms with Crippen molar-refractivity contribution < 1.29 is 19.8 Å². The molecule has 1 unspecified atom stereocenters. The van der Waals surface area contributed by atoms with Crippen LogP contribution in [-0.2, 0) is 9.59 Å². The third-order valence-corrected chi connectivity index (χ3v) is 3.24. The number of carboxylic acid groups (broad SMARTS) is 2. The monoisotopic (exact) mass is 271 g/mol. The first-order valence-electron chi connectivity index (χ1n) is 7.34. The van der Waals surface area contributed by atoms with Gasteiger partial charge in [0.2, 0.25) is 0 Å². The molecule has 1 radical (unpaired) electrons. The quantitative estimate of drug-likeness (QED) is 0.498. The third kappa shape index (κ3) is 11.7. The van der Waals surface area contributed by atoms with Crippen molar-refractivity contribution in [3.8, 4) is 0 Å². The van der Waals surface area contributed by atoms with Gasteiger partial charge < -0.3 is 10.2 Å². The van der Waals surface area contributed by atoms with Crippen LogP contribution in [0.2, 0.25) is 0 Å². The highest BCUT2D eigenvalue weighted by Crippen LogP contribution is 2.16. The molecule has 19 heavy (non-hydrogen) atoms. The lowest BCUT2D eigenvalue weighted by Gasteiger charge is -2.09. The fourth-order valence-corrected chi connectivity index (χ4v) is 2.06. The zero-order valence-electron chi connectivity index (χ0n) is 11.9. The van der Waals surface area contributed by atoms with Crippen LogP contribution in [0.25, 0.3) is 0 Å². The van der Waals surface area contributed by atoms with Gasteiger partial charge in [-0.2, -0.15) is 0 Å². The van der Waals surface area contributed by atoms with Crippen molar-refractivity contribution in [3.05, 3.63) is 6.42 Å². The van der Waals surface area contributed by atoms with E-state index < -0.39 is 17.9 Å². The van der Waals surface area contributed by atoms with E-state index in [1.54, 1.807) is 0 Å². The molecule has 0 rings (SSSR count). The number of rotatable bonds is 13. The number of aliphatic carboxylic acids is 2. The minimum absolute atomic E-state index is 0.268. The van der Waals surface area contributed by atoms with E-state index in [0.717, 1.165) is 25.7 Å². The lowest BCUT2D eigenvalue weighted by atomic mass is 9.97. The van der Waals surface area contributed by atoms with Gasteiger partial charge in [-0.05, 0) is 12.8 Å². The summed E-state index contributed by atoms with van der Waals surface area (Å²) < 4.78 is 0. The molecule has 2 N–H and O–H groups in total. The zero-order valence-corrected chi connectivity index (χ0v) is 11.9. The molecule has 0 saturated carbocycles. The summed E-state index contributed by atoms with van der Waals surface area (Å²) in [5.74, 6) is -2.76. The zero-order chi connectivity index (χ0) is 14.5. The van der Waals surface area contributed by atoms with Crippen molar-refractivity contribution in [1.29, 1.82) is 0 Å². The summed E-state index contributed by atoms with van der Waals surface area (Å²) in [7, 11) is 0. The second kappa shape index (κ2) is 12.0. The molecule has 0 aliphatic rings. The molecule has 0 aromatic heterocycles. The van der Waals surface area contributed by atoms with Crippen LogP contribution in [0.1, 0.15) is 71.1 Å². The molecule has 4 nitrogen and oxygen atoms in total. The largest absolute Gasteiger partial charge is 0.481 e. The van der Waals surface area contributed by atoms with Crippen LogP contribution in [0.4, 0.5) is 0 Å². The van der Waals surface area contributed by atoms with E-state index in [4.69, 9.17) is 10.2 Å². The molecule has 0 bridgehead atoms. The van der Waals surface area contributed by atoms with Crippen molar-refractivity contribution in [3.63, 3.8) is 0 Å². The summed E-state index contributed by atoms with van der Waals surface area (Å²) in [5, 5.41) is 17.5. The molecular weight excluding hydrogens is 244 g/mol. The normalized spacial score (nSPS) is 12.3. The van der Waals surface area contributed by atoms with E-state index >= 15 is 0 Å². The van der Waals surface area contributed by atoms with E-state index in [0.29, 0.717) is 6.42 Å². The van der Waals surface area contributed by atoms with Crippen molar-refractivity contribution in [2.45, 2.75) is 71.1 Å². The van der Waals surface area contributed by atoms with Gasteiger partial charge in [0.05, 0.1) is 12.3 Å². The molecule has 0 spiro atoms. The number of carbonyl (C=O) groups is 2. The second-order valence-electron chi connectivity index (χ2n) is 5.06. The maximum absolute atomic E-state index is 10.8. The van der Waals surface area contributed by atoms with E-state index in [-0.39, 0.29) is 6.42 Å². The Kier molecular flexibility index (Phi) is 11.3. The predicted molar refractivity (Wildman–Crippen MR) is 74.9 cm³/mol. The number of hydrogen-bond donors (Lipinski definition) is 2. The molecule has 4 heteroatoms. The van der Waals surface area contributed by atoms with Crippen molar-refractivity contribution in [2.24, 2.45) is 5.92 Å². The molecule has 0 saturated heterocycles. The first-order valence-corrected chi connectivity index (χ1v) is 7.34. The Morgan fingerprint density at radius 1 is 1.00 bits per heavy atom. The maximum Gasteiger partial charge on any atom is 0.307 e. The van der Waals surface area contributed by atoms with Crippen molar-refractivity contribution >= 4 is 11.9 Å². The highest BCUT2D eigenvalue weighted by Gasteiger charge is 2.19. The fraction of sp³-hybridized carbons (Fsp3) is 0.800. The molecule has 0 amide bonds. The van der Waals surface area contributed by atoms with Crippen LogP contribution >= 0.6 is 0 Å². The summed E-state index contributed by atoms with van der Waals surface area (Å²) in [6.07, 6.45) is 11.4. The summed E-state index contributed by atoms with van der Waals surface area (Å²) in [6, 6.07) is 0. The Labute approximate surface area is 116 Å². The van der Waals surface area contributed by atoms with Gasteiger partial charge in [0, 0.05) is 0 Å². The van der Waals surface area contributed by atoms with Gasteiger partial charge in [0.25, 0.3) is 0 Å². The Bertz CT molecular complexity index is 251. The van der Waals surface area contributed by atoms with Gasteiger partial charge in [0.1, 0.15) is 0 Å². The van der Waals surface area contributed by atoms with E-state index in [1.165, 1.54) is 25.7 Å². The molecule has 0 aliphatic heterocycles. The average Bonchev–Trinajstić information content (AvgIpc) is 2.34. The van der Waals surface area contributed by atoms with Gasteiger partial charge in [-0.3, -0.25) is 9.59 Å². The molecule has 111 valence electrons. The summed E-state index contributed by atoms with van der Waals surface area (Å²) in [5.41, 5.74) is 0. The van der Waals surface area contributed by atoms with Crippen LogP contribution in [0.15, 0.2) is 0 Å². The highest BCUT2D eigenvalue weighted by atomic mass is 16.4. The first-order chi connectivity index (χ1) is 9.07. The molecule has 0 fully saturated rings. The molecule has 0 aromatic rings. The second-order valence-corrected chi connectivity index (χ2v) is 5.06. The number of hydrogen-bond acceptors (Lipinski definition) is 2. The van der Waals surface area contributed by atoms with Crippen LogP contribution in [-0.4, -0.2) is 22.2 Å². The Balaban J connectivity index is 3.45. The fourth-order valence-electron chi connectivity index (χ4n) is 2.06. The smallest absolute Gasteiger partial charge is 0.307 e. The number of unbranched alkanes of at least 4 members (excludes halogenated alkanes) is 8. The topological polar surface area (TPSA) is 74.6 Å². The lowest BCUT2D eigenvalue weighted by molar-refractivity contribution is -0.148. The van der Waals surface area contributed by atoms with Crippen LogP contribution < -0.4 is 0 Å². The summed E-state index contributed by atoms with van der Waals surface area (Å²) in [4.78, 5) is 21.3. The molecule has 0 aromatic carbocycles. The summed E-state index contributed by atoms with van der Waals surface area (Å²) in [6.45, 7) is 2.19. The average molecular weight is 271 g/mol. The Hall–Kier alpha value is -1.06. The van der Waals surface area contributed by atoms with Crippen LogP contribution in [0.5, 0.6) is 0 Å². The molecule has 0 aliphatic carbocycles. The lowest BCUT2D eigenvalue weighted by Crippen LogP contribution is -2.17. The third-order valence-electron chi connectivity index (χ3n) is 3.24. The Morgan fingerprint density at radius 2 is 1.63 bits per heavy atom. The summed E-state index contributed by atoms with van der Waals surface area (Å²) >= 11 is 0. The van der Waals surface area contributed by atoms with Crippen molar-refractivity contribution in [1.82, 2.24) is 0 Å². The molecule has 1 atom stereocenters. The molecular formula is C15H27O4. The van der Waals surface area contributed by atoms with Crippen molar-refractivity contribution in [2.75, 3.05) is 0 Å². The van der Waals surface area contributed by atoms with Gasteiger partial charge >= 0.3 is 11.9 Å². The van der Waals surface area contributed by atoms with E-state index in [1.807, 2.05) is 0 Å². The molecule has 0 heterocycles. The number of carboxylic acids is 2. The van der Waals surface area contributed by atoms with Crippen LogP contribution in [0.3, 0.4) is 0 Å². The minimum atomic E-state index is -1.03. The van der Waals surface area contributed by atoms with Gasteiger partial charge in [-0.1, -0.05) is 58.3 Å². The minimum Gasteiger partial charge on any atom is -0.481 e. The Morgan fingerprint density at radius 3 is 2.16 bits per heavy atom. The van der Waals surface area contributed by atoms with Crippen LogP contribution in [0, 0.1) is 12.3 Å². The van der Waals surface area contributed by atoms with E-state index in [2.05, 4.69) is 13.3 Å². The maximum atomic E-state index is 10.8. The highest BCUT2D eigenvalue weighted by molar-refractivity contribution is 5.77. The SMILES string of the molecule is CCCCCC[CH]CCCCC(CC(=O)O)C(=O)O. The standard InChI is InChI=1S/C15H27O4/c1-2-3-4-5-6-7-8-9-10-11-13(15(18)19)12-14(16)17/h7,13H,2-6,8-12H2,1H3,(H,16,17)(H,18,19). The van der Waals surface area contributed by atoms with Gasteiger partial charge in [0.15, 0.2) is 0 Å². The van der Waals surface area contributed by atoms with E-state index in [9.17, 15) is 9.59 Å². The van der Waals surface area contributed by atoms with Gasteiger partial charge in [-0.15, -0.1) is 0 Å². The van der Waals surface area contributed by atoms with Gasteiger partial charge in [-0.25, -0.2) is 0 Å². The predicted octanol–water partition coefficient (Wildman–Crippen LogP) is 3.90. The first kappa shape index (κ1) is 17.9.